The molecule has 2 unspecified atom stereocenters. The molecule has 0 aliphatic carbocycles. The van der Waals surface area contributed by atoms with Gasteiger partial charge in [-0.25, -0.2) is 16.8 Å². The normalized spacial score (nSPS) is 16.0. The minimum atomic E-state index is -4.72. The third-order valence-corrected chi connectivity index (χ3v) is 12.5. The molecule has 0 aromatic rings. The van der Waals surface area contributed by atoms with E-state index in [0.29, 0.717) is 0 Å². The van der Waals surface area contributed by atoms with E-state index < -0.39 is 103 Å². The van der Waals surface area contributed by atoms with Gasteiger partial charge in [-0.2, -0.15) is 52.7 Å². The molecule has 256 valence electrons. The maximum atomic E-state index is 12.5. The lowest BCUT2D eigenvalue weighted by atomic mass is 10.1. The molecule has 0 rings (SSSR count). The average molecular weight is 685 g/mol. The molecule has 0 saturated heterocycles. The zero-order valence-corrected chi connectivity index (χ0v) is 25.8. The van der Waals surface area contributed by atoms with Gasteiger partial charge in [-0.1, -0.05) is 26.7 Å². The zero-order chi connectivity index (χ0) is 34.2. The van der Waals surface area contributed by atoms with Gasteiger partial charge < -0.3 is 0 Å². The standard InChI is InChI=1S/2C12H20F6O2S/c1-9(2,5-7-11(13,14)15)21(19,20)10(3,4)6-8-12(16,17)18;1-3-5-9(7-11(13,14)15)21(19,20)10(6-4-2)8-12(16,17)18/h5-8H2,1-4H3;9-10H,3-8H2,1-2H3. The molecule has 0 radical (unpaired) electrons. The van der Waals surface area contributed by atoms with Crippen molar-refractivity contribution < 1.29 is 69.5 Å². The molecule has 18 heteroatoms. The van der Waals surface area contributed by atoms with E-state index in [1.54, 1.807) is 0 Å². The summed E-state index contributed by atoms with van der Waals surface area (Å²) in [4.78, 5) is 0. The van der Waals surface area contributed by atoms with Crippen molar-refractivity contribution in [1.82, 2.24) is 0 Å². The number of hydrogen-bond acceptors (Lipinski definition) is 4. The van der Waals surface area contributed by atoms with E-state index >= 15 is 0 Å². The predicted molar refractivity (Wildman–Crippen MR) is 135 cm³/mol. The van der Waals surface area contributed by atoms with Gasteiger partial charge in [-0.05, 0) is 53.4 Å². The summed E-state index contributed by atoms with van der Waals surface area (Å²) in [5.74, 6) is 0. The molecule has 4 nitrogen and oxygen atoms in total. The lowest BCUT2D eigenvalue weighted by Gasteiger charge is -2.35. The fourth-order valence-electron chi connectivity index (χ4n) is 4.10. The van der Waals surface area contributed by atoms with Gasteiger partial charge in [0.1, 0.15) is 0 Å². The van der Waals surface area contributed by atoms with Crippen LogP contribution < -0.4 is 0 Å². The maximum absolute atomic E-state index is 12.5. The molecule has 0 amide bonds. The summed E-state index contributed by atoms with van der Waals surface area (Å²) in [5, 5.41) is -3.61. The Morgan fingerprint density at radius 1 is 0.476 bits per heavy atom. The zero-order valence-electron chi connectivity index (χ0n) is 24.2. The van der Waals surface area contributed by atoms with Crippen molar-refractivity contribution in [2.75, 3.05) is 0 Å². The summed E-state index contributed by atoms with van der Waals surface area (Å²) in [7, 11) is -8.68. The van der Waals surface area contributed by atoms with Crippen molar-refractivity contribution in [2.45, 2.75) is 150 Å². The van der Waals surface area contributed by atoms with Gasteiger partial charge in [-0.3, -0.25) is 0 Å². The second-order valence-corrected chi connectivity index (χ2v) is 17.0. The first-order valence-corrected chi connectivity index (χ1v) is 16.1. The SMILES string of the molecule is CC(C)(CCC(F)(F)F)S(=O)(=O)C(C)(C)CCC(F)(F)F.CCCC(CC(F)(F)F)S(=O)(=O)C(CCC)CC(F)(F)F. The summed E-state index contributed by atoms with van der Waals surface area (Å²) in [6, 6.07) is 0. The molecular weight excluding hydrogens is 644 g/mol. The maximum Gasteiger partial charge on any atom is 0.390 e. The molecule has 0 bridgehead atoms. The van der Waals surface area contributed by atoms with Crippen molar-refractivity contribution in [3.05, 3.63) is 0 Å². The molecular formula is C24H40F12O4S2. The monoisotopic (exact) mass is 684 g/mol. The van der Waals surface area contributed by atoms with Crippen LogP contribution in [0.2, 0.25) is 0 Å². The topological polar surface area (TPSA) is 68.3 Å². The molecule has 0 aromatic carbocycles. The Kier molecular flexibility index (Phi) is 15.8. The molecule has 0 saturated carbocycles. The fraction of sp³-hybridized carbons (Fsp3) is 1.00. The molecule has 0 aliphatic rings. The van der Waals surface area contributed by atoms with Crippen LogP contribution in [0.15, 0.2) is 0 Å². The summed E-state index contributed by atoms with van der Waals surface area (Å²) in [6.45, 7) is 7.45. The summed E-state index contributed by atoms with van der Waals surface area (Å²) in [5.41, 5.74) is 0. The first-order valence-electron chi connectivity index (χ1n) is 13.0. The van der Waals surface area contributed by atoms with Gasteiger partial charge >= 0.3 is 24.7 Å². The van der Waals surface area contributed by atoms with Gasteiger partial charge in [0.25, 0.3) is 0 Å². The number of sulfone groups is 2. The van der Waals surface area contributed by atoms with Gasteiger partial charge in [0, 0.05) is 12.8 Å². The van der Waals surface area contributed by atoms with Gasteiger partial charge in [0.15, 0.2) is 19.7 Å². The van der Waals surface area contributed by atoms with E-state index in [0.717, 1.165) is 27.7 Å². The molecule has 0 heterocycles. The van der Waals surface area contributed by atoms with E-state index in [1.165, 1.54) is 13.8 Å². The molecule has 42 heavy (non-hydrogen) atoms. The van der Waals surface area contributed by atoms with E-state index in [4.69, 9.17) is 0 Å². The second kappa shape index (κ2) is 15.4. The van der Waals surface area contributed by atoms with Crippen LogP contribution in [0.25, 0.3) is 0 Å². The second-order valence-electron chi connectivity index (χ2n) is 11.3. The largest absolute Gasteiger partial charge is 0.390 e. The van der Waals surface area contributed by atoms with Crippen molar-refractivity contribution >= 4 is 19.7 Å². The first kappa shape index (κ1) is 43.2. The van der Waals surface area contributed by atoms with E-state index in [-0.39, 0.29) is 25.7 Å². The van der Waals surface area contributed by atoms with Crippen LogP contribution in [0.4, 0.5) is 52.7 Å². The van der Waals surface area contributed by atoms with Crippen LogP contribution in [0.3, 0.4) is 0 Å². The Bertz CT molecular complexity index is 940. The van der Waals surface area contributed by atoms with Crippen LogP contribution in [0.5, 0.6) is 0 Å². The predicted octanol–water partition coefficient (Wildman–Crippen LogP) is 9.29. The highest BCUT2D eigenvalue weighted by Crippen LogP contribution is 2.39. The summed E-state index contributed by atoms with van der Waals surface area (Å²) < 4.78 is 194. The summed E-state index contributed by atoms with van der Waals surface area (Å²) in [6.07, 6.45) is -25.9. The third kappa shape index (κ3) is 16.2. The van der Waals surface area contributed by atoms with Gasteiger partial charge in [0.05, 0.1) is 32.8 Å². The van der Waals surface area contributed by atoms with Crippen molar-refractivity contribution in [3.8, 4) is 0 Å². The highest BCUT2D eigenvalue weighted by molar-refractivity contribution is 7.94. The quantitative estimate of drug-likeness (QED) is 0.171. The van der Waals surface area contributed by atoms with Gasteiger partial charge in [0.2, 0.25) is 0 Å². The molecule has 2 atom stereocenters. The minimum Gasteiger partial charge on any atom is -0.228 e. The van der Waals surface area contributed by atoms with Gasteiger partial charge in [-0.15, -0.1) is 0 Å². The number of rotatable bonds is 14. The molecule has 0 aromatic heterocycles. The highest BCUT2D eigenvalue weighted by Gasteiger charge is 2.48. The van der Waals surface area contributed by atoms with Crippen LogP contribution in [0.1, 0.15) is 106 Å². The lowest BCUT2D eigenvalue weighted by molar-refractivity contribution is -0.137. The molecule has 0 N–H and O–H groups in total. The Hall–Kier alpha value is -0.940. The Morgan fingerprint density at radius 3 is 0.929 bits per heavy atom. The first-order chi connectivity index (χ1) is 18.2. The number of alkyl halides is 12. The van der Waals surface area contributed by atoms with Crippen molar-refractivity contribution in [3.63, 3.8) is 0 Å². The highest BCUT2D eigenvalue weighted by atomic mass is 32.2. The van der Waals surface area contributed by atoms with E-state index in [1.807, 2.05) is 0 Å². The van der Waals surface area contributed by atoms with Crippen LogP contribution in [-0.2, 0) is 19.7 Å². The third-order valence-electron chi connectivity index (χ3n) is 6.54. The number of halogens is 12. The van der Waals surface area contributed by atoms with Crippen LogP contribution in [0, 0.1) is 0 Å². The lowest BCUT2D eigenvalue weighted by Crippen LogP contribution is -2.46. The fourth-order valence-corrected chi connectivity index (χ4v) is 8.85. The average Bonchev–Trinajstić information content (AvgIpc) is 2.73. The van der Waals surface area contributed by atoms with E-state index in [9.17, 15) is 69.5 Å². The molecule has 0 fully saturated rings. The minimum absolute atomic E-state index is 0.158. The smallest absolute Gasteiger partial charge is 0.228 e. The number of hydrogen-bond donors (Lipinski definition) is 0. The van der Waals surface area contributed by atoms with E-state index in [2.05, 4.69) is 0 Å². The Morgan fingerprint density at radius 2 is 0.738 bits per heavy atom. The Balaban J connectivity index is 0. The van der Waals surface area contributed by atoms with Crippen LogP contribution in [-0.4, -0.2) is 61.5 Å². The molecule has 0 aliphatic heterocycles. The summed E-state index contributed by atoms with van der Waals surface area (Å²) >= 11 is 0. The molecule has 0 spiro atoms. The van der Waals surface area contributed by atoms with Crippen molar-refractivity contribution in [2.24, 2.45) is 0 Å². The Labute approximate surface area is 239 Å². The van der Waals surface area contributed by atoms with Crippen molar-refractivity contribution in [1.29, 1.82) is 0 Å². The van der Waals surface area contributed by atoms with Crippen LogP contribution >= 0.6 is 0 Å².